The van der Waals surface area contributed by atoms with Gasteiger partial charge in [0.25, 0.3) is 0 Å². The maximum Gasteiger partial charge on any atom is 0.322 e. The van der Waals surface area contributed by atoms with Crippen molar-refractivity contribution in [3.05, 3.63) is 54.6 Å². The number of nitrogens with one attached hydrogen (secondary N) is 2. The average Bonchev–Trinajstić information content (AvgIpc) is 2.85. The van der Waals surface area contributed by atoms with Crippen LogP contribution in [0.3, 0.4) is 0 Å². The van der Waals surface area contributed by atoms with Crippen LogP contribution in [0.1, 0.15) is 19.8 Å². The maximum absolute atomic E-state index is 13.1. The van der Waals surface area contributed by atoms with Crippen molar-refractivity contribution in [2.24, 2.45) is 0 Å². The molecular weight excluding hydrogens is 444 g/mol. The number of hydrogen-bond donors (Lipinski definition) is 2. The molecule has 178 valence electrons. The summed E-state index contributed by atoms with van der Waals surface area (Å²) in [6.45, 7) is 3.53. The summed E-state index contributed by atoms with van der Waals surface area (Å²) in [7, 11) is -3.75. The van der Waals surface area contributed by atoms with E-state index in [1.807, 2.05) is 13.0 Å². The number of benzene rings is 2. The van der Waals surface area contributed by atoms with Crippen molar-refractivity contribution in [1.82, 2.24) is 14.5 Å². The lowest BCUT2D eigenvalue weighted by atomic mass is 10.3. The standard InChI is InChI=1S/C23H30N4O5S/c1-2-32-21-12-7-6-11-20(21)25-23(29)26-15-8-16-27(17-13-22(28)24-14-18-26)33(30,31)19-9-4-3-5-10-19/h3-7,9-12H,2,8,13-18H2,1H3,(H,24,28)(H,25,29). The van der Waals surface area contributed by atoms with E-state index in [2.05, 4.69) is 10.6 Å². The molecule has 0 atom stereocenters. The van der Waals surface area contributed by atoms with Crippen molar-refractivity contribution in [2.45, 2.75) is 24.7 Å². The van der Waals surface area contributed by atoms with E-state index in [1.165, 1.54) is 16.4 Å². The lowest BCUT2D eigenvalue weighted by molar-refractivity contribution is -0.121. The van der Waals surface area contributed by atoms with Gasteiger partial charge in [0.15, 0.2) is 0 Å². The van der Waals surface area contributed by atoms with Crippen molar-refractivity contribution in [1.29, 1.82) is 0 Å². The Labute approximate surface area is 194 Å². The molecule has 1 aliphatic rings. The van der Waals surface area contributed by atoms with Crippen molar-refractivity contribution in [3.63, 3.8) is 0 Å². The smallest absolute Gasteiger partial charge is 0.322 e. The van der Waals surface area contributed by atoms with Crippen LogP contribution >= 0.6 is 0 Å². The zero-order chi connectivity index (χ0) is 23.7. The first-order chi connectivity index (χ1) is 15.9. The van der Waals surface area contributed by atoms with Crippen molar-refractivity contribution >= 4 is 27.6 Å². The normalized spacial score (nSPS) is 16.4. The SMILES string of the molecule is CCOc1ccccc1NC(=O)N1CCCN(S(=O)(=O)c2ccccc2)CCC(=O)NCC1. The Morgan fingerprint density at radius 3 is 2.52 bits per heavy atom. The van der Waals surface area contributed by atoms with Gasteiger partial charge in [-0.2, -0.15) is 4.31 Å². The predicted molar refractivity (Wildman–Crippen MR) is 126 cm³/mol. The van der Waals surface area contributed by atoms with E-state index in [9.17, 15) is 18.0 Å². The first kappa shape index (κ1) is 24.5. The largest absolute Gasteiger partial charge is 0.492 e. The molecule has 2 aromatic rings. The second-order valence-corrected chi connectivity index (χ2v) is 9.45. The highest BCUT2D eigenvalue weighted by atomic mass is 32.2. The molecule has 9 nitrogen and oxygen atoms in total. The number of rotatable bonds is 5. The van der Waals surface area contributed by atoms with E-state index in [0.29, 0.717) is 37.6 Å². The van der Waals surface area contributed by atoms with E-state index >= 15 is 0 Å². The first-order valence-corrected chi connectivity index (χ1v) is 12.5. The molecule has 0 unspecified atom stereocenters. The average molecular weight is 475 g/mol. The molecule has 1 fully saturated rings. The van der Waals surface area contributed by atoms with Crippen LogP contribution in [0.2, 0.25) is 0 Å². The highest BCUT2D eigenvalue weighted by molar-refractivity contribution is 7.89. The van der Waals surface area contributed by atoms with E-state index in [1.54, 1.807) is 41.3 Å². The van der Waals surface area contributed by atoms with Crippen LogP contribution in [0, 0.1) is 0 Å². The van der Waals surface area contributed by atoms with Gasteiger partial charge in [0.05, 0.1) is 17.2 Å². The lowest BCUT2D eigenvalue weighted by Crippen LogP contribution is -2.41. The number of para-hydroxylation sites is 2. The molecule has 1 aliphatic heterocycles. The monoisotopic (exact) mass is 474 g/mol. The Bertz CT molecular complexity index is 1050. The zero-order valence-electron chi connectivity index (χ0n) is 18.7. The van der Waals surface area contributed by atoms with Gasteiger partial charge in [0, 0.05) is 39.1 Å². The highest BCUT2D eigenvalue weighted by Gasteiger charge is 2.26. The summed E-state index contributed by atoms with van der Waals surface area (Å²) in [5.41, 5.74) is 0.552. The minimum atomic E-state index is -3.75. The number of carbonyl (C=O) groups excluding carboxylic acids is 2. The molecule has 0 aromatic heterocycles. The van der Waals surface area contributed by atoms with Crippen LogP contribution < -0.4 is 15.4 Å². The van der Waals surface area contributed by atoms with Crippen molar-refractivity contribution in [3.8, 4) is 5.75 Å². The molecule has 3 rings (SSSR count). The molecule has 2 aromatic carbocycles. The molecule has 1 saturated heterocycles. The van der Waals surface area contributed by atoms with Crippen molar-refractivity contribution < 1.29 is 22.7 Å². The number of amides is 3. The van der Waals surface area contributed by atoms with Gasteiger partial charge < -0.3 is 20.3 Å². The summed E-state index contributed by atoms with van der Waals surface area (Å²) in [6, 6.07) is 15.0. The molecule has 0 aliphatic carbocycles. The second kappa shape index (κ2) is 11.7. The number of ether oxygens (including phenoxy) is 1. The van der Waals surface area contributed by atoms with E-state index in [4.69, 9.17) is 4.74 Å². The Hall–Kier alpha value is -3.11. The topological polar surface area (TPSA) is 108 Å². The van der Waals surface area contributed by atoms with Gasteiger partial charge in [-0.15, -0.1) is 0 Å². The van der Waals surface area contributed by atoms with Crippen LogP contribution in [-0.2, 0) is 14.8 Å². The lowest BCUT2D eigenvalue weighted by Gasteiger charge is -2.25. The zero-order valence-corrected chi connectivity index (χ0v) is 19.5. The molecule has 1 heterocycles. The maximum atomic E-state index is 13.1. The number of carbonyl (C=O) groups is 2. The predicted octanol–water partition coefficient (Wildman–Crippen LogP) is 2.52. The first-order valence-electron chi connectivity index (χ1n) is 11.0. The summed E-state index contributed by atoms with van der Waals surface area (Å²) in [5.74, 6) is 0.312. The molecule has 0 spiro atoms. The van der Waals surface area contributed by atoms with E-state index < -0.39 is 10.0 Å². The number of anilines is 1. The summed E-state index contributed by atoms with van der Waals surface area (Å²) >= 11 is 0. The minimum Gasteiger partial charge on any atom is -0.492 e. The Kier molecular flexibility index (Phi) is 8.67. The molecule has 3 amide bonds. The molecular formula is C23H30N4O5S. The number of urea groups is 1. The van der Waals surface area contributed by atoms with Gasteiger partial charge in [-0.1, -0.05) is 30.3 Å². The molecule has 0 saturated carbocycles. The molecule has 2 N–H and O–H groups in total. The van der Waals surface area contributed by atoms with Crippen LogP contribution in [0.25, 0.3) is 0 Å². The summed E-state index contributed by atoms with van der Waals surface area (Å²) in [4.78, 5) is 27.0. The van der Waals surface area contributed by atoms with E-state index in [-0.39, 0.29) is 42.9 Å². The molecule has 10 heteroatoms. The molecule has 0 bridgehead atoms. The third kappa shape index (κ3) is 6.69. The van der Waals surface area contributed by atoms with Crippen LogP contribution in [0.15, 0.2) is 59.5 Å². The Morgan fingerprint density at radius 1 is 1.03 bits per heavy atom. The van der Waals surface area contributed by atoms with Crippen LogP contribution in [-0.4, -0.2) is 68.9 Å². The van der Waals surface area contributed by atoms with Gasteiger partial charge >= 0.3 is 6.03 Å². The third-order valence-electron chi connectivity index (χ3n) is 5.22. The van der Waals surface area contributed by atoms with Gasteiger partial charge in [-0.25, -0.2) is 13.2 Å². The van der Waals surface area contributed by atoms with Gasteiger partial charge in [0.1, 0.15) is 5.75 Å². The van der Waals surface area contributed by atoms with Gasteiger partial charge in [-0.3, -0.25) is 4.79 Å². The fourth-order valence-corrected chi connectivity index (χ4v) is 5.04. The van der Waals surface area contributed by atoms with E-state index in [0.717, 1.165) is 0 Å². The second-order valence-electron chi connectivity index (χ2n) is 7.52. The minimum absolute atomic E-state index is 0.0555. The number of hydrogen-bond acceptors (Lipinski definition) is 5. The molecule has 33 heavy (non-hydrogen) atoms. The fraction of sp³-hybridized carbons (Fsp3) is 0.391. The van der Waals surface area contributed by atoms with Crippen molar-refractivity contribution in [2.75, 3.05) is 44.6 Å². The summed E-state index contributed by atoms with van der Waals surface area (Å²) in [6.07, 6.45) is 0.487. The number of nitrogens with zero attached hydrogens (tertiary/aromatic N) is 2. The Morgan fingerprint density at radius 2 is 1.76 bits per heavy atom. The van der Waals surface area contributed by atoms with Gasteiger partial charge in [-0.05, 0) is 37.6 Å². The van der Waals surface area contributed by atoms with Crippen LogP contribution in [0.4, 0.5) is 10.5 Å². The van der Waals surface area contributed by atoms with Crippen LogP contribution in [0.5, 0.6) is 5.75 Å². The summed E-state index contributed by atoms with van der Waals surface area (Å²) in [5, 5.41) is 5.63. The Balaban J connectivity index is 1.73. The quantitative estimate of drug-likeness (QED) is 0.692. The highest BCUT2D eigenvalue weighted by Crippen LogP contribution is 2.24. The number of sulfonamides is 1. The molecule has 0 radical (unpaired) electrons. The third-order valence-corrected chi connectivity index (χ3v) is 7.14. The fourth-order valence-electron chi connectivity index (χ4n) is 3.54. The summed E-state index contributed by atoms with van der Waals surface area (Å²) < 4.78 is 33.1. The van der Waals surface area contributed by atoms with Gasteiger partial charge in [0.2, 0.25) is 15.9 Å².